The first-order valence-electron chi connectivity index (χ1n) is 12.2. The standard InChI is InChI=1S/C26H36O11/c1-12-7-15(27)10-26(3,4)16(12)6-5-13(2)36-25-23(33)22(32)21(31)19(37-25)11-35-24(34)14-8-17(28)20(30)18(29)9-14/h7-9,13,16,19,21-23,25,28-33H,5-6,10-11H2,1-4H3/t13-,16+,19-,21+,22+,23+,25-/m0/s1. The lowest BCUT2D eigenvalue weighted by Crippen LogP contribution is -2.59. The first-order valence-corrected chi connectivity index (χ1v) is 12.2. The van der Waals surface area contributed by atoms with Crippen molar-refractivity contribution in [1.29, 1.82) is 0 Å². The molecule has 0 bridgehead atoms. The van der Waals surface area contributed by atoms with Gasteiger partial charge in [-0.15, -0.1) is 0 Å². The fourth-order valence-electron chi connectivity index (χ4n) is 5.04. The van der Waals surface area contributed by atoms with E-state index in [-0.39, 0.29) is 22.7 Å². The number of phenols is 3. The van der Waals surface area contributed by atoms with Crippen LogP contribution < -0.4 is 0 Å². The van der Waals surface area contributed by atoms with E-state index in [9.17, 15) is 40.2 Å². The Morgan fingerprint density at radius 3 is 2.32 bits per heavy atom. The van der Waals surface area contributed by atoms with Crippen LogP contribution in [0.2, 0.25) is 0 Å². The molecule has 1 aromatic rings. The quantitative estimate of drug-likeness (QED) is 0.214. The minimum atomic E-state index is -1.63. The predicted octanol–water partition coefficient (Wildman–Crippen LogP) is 1.51. The Hall–Kier alpha value is -2.70. The summed E-state index contributed by atoms with van der Waals surface area (Å²) in [4.78, 5) is 24.2. The van der Waals surface area contributed by atoms with Crippen LogP contribution in [0.15, 0.2) is 23.8 Å². The molecule has 1 heterocycles. The lowest BCUT2D eigenvalue weighted by Gasteiger charge is -2.41. The molecule has 1 aromatic carbocycles. The van der Waals surface area contributed by atoms with E-state index < -0.39 is 66.6 Å². The van der Waals surface area contributed by atoms with Crippen molar-refractivity contribution in [3.8, 4) is 17.2 Å². The second-order valence-electron chi connectivity index (χ2n) is 10.6. The first-order chi connectivity index (χ1) is 17.2. The van der Waals surface area contributed by atoms with Crippen LogP contribution in [-0.4, -0.2) is 85.8 Å². The van der Waals surface area contributed by atoms with Crippen LogP contribution in [0.3, 0.4) is 0 Å². The normalized spacial score (nSPS) is 30.5. The fraction of sp³-hybridized carbons (Fsp3) is 0.615. The number of benzene rings is 1. The molecule has 0 aromatic heterocycles. The Morgan fingerprint density at radius 1 is 1.11 bits per heavy atom. The molecule has 0 unspecified atom stereocenters. The monoisotopic (exact) mass is 524 g/mol. The number of carbonyl (C=O) groups excluding carboxylic acids is 2. The fourth-order valence-corrected chi connectivity index (χ4v) is 5.04. The van der Waals surface area contributed by atoms with Gasteiger partial charge in [-0.1, -0.05) is 19.4 Å². The van der Waals surface area contributed by atoms with Gasteiger partial charge < -0.3 is 44.8 Å². The highest BCUT2D eigenvalue weighted by Crippen LogP contribution is 2.42. The molecular formula is C26H36O11. The van der Waals surface area contributed by atoms with Gasteiger partial charge in [0.05, 0.1) is 11.7 Å². The Labute approximate surface area is 214 Å². The van der Waals surface area contributed by atoms with E-state index in [0.717, 1.165) is 24.1 Å². The van der Waals surface area contributed by atoms with Gasteiger partial charge in [-0.3, -0.25) is 4.79 Å². The van der Waals surface area contributed by atoms with Crippen LogP contribution in [0.4, 0.5) is 0 Å². The maximum atomic E-state index is 12.3. The van der Waals surface area contributed by atoms with Crippen molar-refractivity contribution in [2.24, 2.45) is 11.3 Å². The van der Waals surface area contributed by atoms with Gasteiger partial charge in [0, 0.05) is 6.42 Å². The van der Waals surface area contributed by atoms with Gasteiger partial charge in [0.2, 0.25) is 0 Å². The number of hydrogen-bond donors (Lipinski definition) is 6. The Bertz CT molecular complexity index is 1010. The second-order valence-corrected chi connectivity index (χ2v) is 10.6. The van der Waals surface area contributed by atoms with Gasteiger partial charge >= 0.3 is 5.97 Å². The number of aromatic hydroxyl groups is 3. The molecular weight excluding hydrogens is 488 g/mol. The van der Waals surface area contributed by atoms with E-state index in [0.29, 0.717) is 12.8 Å². The van der Waals surface area contributed by atoms with Crippen LogP contribution in [0.5, 0.6) is 17.2 Å². The smallest absolute Gasteiger partial charge is 0.338 e. The summed E-state index contributed by atoms with van der Waals surface area (Å²) in [5.41, 5.74) is 0.548. The number of carbonyl (C=O) groups is 2. The van der Waals surface area contributed by atoms with Crippen LogP contribution >= 0.6 is 0 Å². The van der Waals surface area contributed by atoms with Crippen molar-refractivity contribution in [2.45, 2.75) is 83.8 Å². The summed E-state index contributed by atoms with van der Waals surface area (Å²) in [6, 6.07) is 1.78. The molecule has 206 valence electrons. The third-order valence-corrected chi connectivity index (χ3v) is 7.09. The molecule has 1 aliphatic heterocycles. The lowest BCUT2D eigenvalue weighted by molar-refractivity contribution is -0.310. The van der Waals surface area contributed by atoms with Gasteiger partial charge in [-0.2, -0.15) is 0 Å². The molecule has 3 rings (SSSR count). The van der Waals surface area contributed by atoms with E-state index in [4.69, 9.17) is 14.2 Å². The van der Waals surface area contributed by atoms with E-state index in [1.807, 2.05) is 6.92 Å². The number of ether oxygens (including phenoxy) is 3. The predicted molar refractivity (Wildman–Crippen MR) is 129 cm³/mol. The van der Waals surface area contributed by atoms with Gasteiger partial charge in [0.1, 0.15) is 31.0 Å². The molecule has 1 fully saturated rings. The van der Waals surface area contributed by atoms with Crippen molar-refractivity contribution in [1.82, 2.24) is 0 Å². The number of hydrogen-bond acceptors (Lipinski definition) is 11. The molecule has 6 N–H and O–H groups in total. The van der Waals surface area contributed by atoms with Crippen molar-refractivity contribution in [2.75, 3.05) is 6.61 Å². The van der Waals surface area contributed by atoms with E-state index in [2.05, 4.69) is 13.8 Å². The number of aliphatic hydroxyl groups excluding tert-OH is 3. The number of rotatable bonds is 8. The summed E-state index contributed by atoms with van der Waals surface area (Å²) in [5, 5.41) is 59.6. The first kappa shape index (κ1) is 28.9. The Morgan fingerprint density at radius 2 is 1.73 bits per heavy atom. The number of phenolic OH excluding ortho intramolecular Hbond substituents is 3. The molecule has 11 nitrogen and oxygen atoms in total. The highest BCUT2D eigenvalue weighted by atomic mass is 16.7. The molecule has 2 aliphatic rings. The summed E-state index contributed by atoms with van der Waals surface area (Å²) in [6.45, 7) is 7.29. The molecule has 0 amide bonds. The molecule has 37 heavy (non-hydrogen) atoms. The maximum Gasteiger partial charge on any atom is 0.338 e. The molecule has 1 aliphatic carbocycles. The number of esters is 1. The zero-order valence-electron chi connectivity index (χ0n) is 21.3. The lowest BCUT2D eigenvalue weighted by atomic mass is 9.66. The number of aliphatic hydroxyl groups is 3. The topological polar surface area (TPSA) is 183 Å². The van der Waals surface area contributed by atoms with Crippen LogP contribution in [0, 0.1) is 11.3 Å². The highest BCUT2D eigenvalue weighted by Gasteiger charge is 2.45. The van der Waals surface area contributed by atoms with Gasteiger partial charge in [-0.25, -0.2) is 4.79 Å². The summed E-state index contributed by atoms with van der Waals surface area (Å²) in [5.74, 6) is -2.95. The third-order valence-electron chi connectivity index (χ3n) is 7.09. The van der Waals surface area contributed by atoms with Crippen LogP contribution in [-0.2, 0) is 19.0 Å². The van der Waals surface area contributed by atoms with Crippen molar-refractivity contribution < 1.29 is 54.4 Å². The van der Waals surface area contributed by atoms with Crippen molar-refractivity contribution in [3.63, 3.8) is 0 Å². The largest absolute Gasteiger partial charge is 0.504 e. The second kappa shape index (κ2) is 11.4. The molecule has 7 atom stereocenters. The van der Waals surface area contributed by atoms with Crippen molar-refractivity contribution in [3.05, 3.63) is 29.3 Å². The minimum absolute atomic E-state index is 0.111. The molecule has 0 saturated carbocycles. The van der Waals surface area contributed by atoms with Crippen molar-refractivity contribution >= 4 is 11.8 Å². The molecule has 0 radical (unpaired) electrons. The third kappa shape index (κ3) is 6.60. The average molecular weight is 525 g/mol. The molecule has 0 spiro atoms. The Balaban J connectivity index is 1.59. The molecule has 11 heteroatoms. The summed E-state index contributed by atoms with van der Waals surface area (Å²) in [7, 11) is 0. The number of allylic oxidation sites excluding steroid dienone is 2. The summed E-state index contributed by atoms with van der Waals surface area (Å²) < 4.78 is 16.5. The highest BCUT2D eigenvalue weighted by molar-refractivity contribution is 5.92. The van der Waals surface area contributed by atoms with Gasteiger partial charge in [0.15, 0.2) is 29.3 Å². The van der Waals surface area contributed by atoms with E-state index in [1.165, 1.54) is 0 Å². The summed E-state index contributed by atoms with van der Waals surface area (Å²) >= 11 is 0. The van der Waals surface area contributed by atoms with E-state index >= 15 is 0 Å². The Kier molecular flexibility index (Phi) is 8.86. The van der Waals surface area contributed by atoms with E-state index in [1.54, 1.807) is 13.0 Å². The zero-order valence-corrected chi connectivity index (χ0v) is 21.3. The van der Waals surface area contributed by atoms with Crippen LogP contribution in [0.1, 0.15) is 57.3 Å². The zero-order chi connectivity index (χ0) is 27.7. The van der Waals surface area contributed by atoms with Crippen LogP contribution in [0.25, 0.3) is 0 Å². The maximum absolute atomic E-state index is 12.3. The summed E-state index contributed by atoms with van der Waals surface area (Å²) in [6.07, 6.45) is -4.29. The van der Waals surface area contributed by atoms with Gasteiger partial charge in [-0.05, 0) is 56.2 Å². The SMILES string of the molecule is CC1=CC(=O)CC(C)(C)[C@@H]1CC[C@H](C)O[C@H]1O[C@@H](COC(=O)c2cc(O)c(O)c(O)c2)[C@@H](O)[C@@H](O)[C@H]1O. The average Bonchev–Trinajstić information content (AvgIpc) is 2.80. The number of ketones is 1. The molecule has 1 saturated heterocycles. The minimum Gasteiger partial charge on any atom is -0.504 e. The van der Waals surface area contributed by atoms with Gasteiger partial charge in [0.25, 0.3) is 0 Å².